The maximum atomic E-state index is 11.9. The van der Waals surface area contributed by atoms with E-state index in [2.05, 4.69) is 19.2 Å². The Morgan fingerprint density at radius 3 is 2.70 bits per heavy atom. The van der Waals surface area contributed by atoms with Gasteiger partial charge < -0.3 is 11.1 Å². The Bertz CT molecular complexity index is 487. The summed E-state index contributed by atoms with van der Waals surface area (Å²) in [5.74, 6) is 0.350. The van der Waals surface area contributed by atoms with E-state index >= 15 is 0 Å². The van der Waals surface area contributed by atoms with Gasteiger partial charge in [0.1, 0.15) is 5.69 Å². The Hall–Kier alpha value is -2.11. The summed E-state index contributed by atoms with van der Waals surface area (Å²) in [6, 6.07) is 4.08. The molecule has 1 amide bonds. The Kier molecular flexibility index (Phi) is 5.96. The van der Waals surface area contributed by atoms with Crippen molar-refractivity contribution in [2.45, 2.75) is 33.1 Å². The summed E-state index contributed by atoms with van der Waals surface area (Å²) in [6.07, 6.45) is 3.09. The molecule has 6 heteroatoms. The number of nitrogens with one attached hydrogen (secondary N) is 1. The molecule has 0 bridgehead atoms. The summed E-state index contributed by atoms with van der Waals surface area (Å²) >= 11 is 0. The second kappa shape index (κ2) is 7.47. The lowest BCUT2D eigenvalue weighted by molar-refractivity contribution is -0.383. The van der Waals surface area contributed by atoms with Crippen molar-refractivity contribution in [3.63, 3.8) is 0 Å². The summed E-state index contributed by atoms with van der Waals surface area (Å²) in [5.41, 5.74) is 5.56. The number of nitro groups is 1. The number of nitrogens with zero attached hydrogens (tertiary/aromatic N) is 1. The molecule has 1 aromatic rings. The third-order valence-corrected chi connectivity index (χ3v) is 2.98. The highest BCUT2D eigenvalue weighted by atomic mass is 16.6. The minimum Gasteiger partial charge on any atom is -0.393 e. The van der Waals surface area contributed by atoms with Gasteiger partial charge in [-0.25, -0.2) is 0 Å². The number of carbonyl (C=O) groups is 1. The van der Waals surface area contributed by atoms with Gasteiger partial charge >= 0.3 is 0 Å². The molecule has 0 aliphatic heterocycles. The molecule has 1 aromatic carbocycles. The van der Waals surface area contributed by atoms with Crippen molar-refractivity contribution in [3.05, 3.63) is 33.9 Å². The first-order valence-electron chi connectivity index (χ1n) is 6.74. The molecule has 0 fully saturated rings. The molecule has 0 aliphatic rings. The summed E-state index contributed by atoms with van der Waals surface area (Å²) < 4.78 is 0. The van der Waals surface area contributed by atoms with Gasteiger partial charge in [-0.3, -0.25) is 14.9 Å². The Balaban J connectivity index is 2.51. The van der Waals surface area contributed by atoms with E-state index < -0.39 is 4.92 Å². The van der Waals surface area contributed by atoms with Crippen LogP contribution in [0.25, 0.3) is 0 Å². The topological polar surface area (TPSA) is 98.3 Å². The maximum Gasteiger partial charge on any atom is 0.292 e. The van der Waals surface area contributed by atoms with E-state index in [9.17, 15) is 14.9 Å². The monoisotopic (exact) mass is 279 g/mol. The van der Waals surface area contributed by atoms with Crippen molar-refractivity contribution in [3.8, 4) is 0 Å². The van der Waals surface area contributed by atoms with Crippen molar-refractivity contribution < 1.29 is 9.72 Å². The molecular weight excluding hydrogens is 258 g/mol. The first-order valence-corrected chi connectivity index (χ1v) is 6.74. The van der Waals surface area contributed by atoms with Crippen molar-refractivity contribution in [2.24, 2.45) is 5.92 Å². The molecule has 20 heavy (non-hydrogen) atoms. The average molecular weight is 279 g/mol. The molecule has 0 aliphatic carbocycles. The SMILES string of the molecule is CC(C)CCCCNC(=O)c1ccc(N)c([N+](=O)[O-])c1. The van der Waals surface area contributed by atoms with Gasteiger partial charge in [0.25, 0.3) is 11.6 Å². The fourth-order valence-electron chi connectivity index (χ4n) is 1.82. The van der Waals surface area contributed by atoms with Crippen LogP contribution in [0.3, 0.4) is 0 Å². The normalized spacial score (nSPS) is 10.6. The van der Waals surface area contributed by atoms with E-state index in [1.807, 2.05) is 0 Å². The highest BCUT2D eigenvalue weighted by Crippen LogP contribution is 2.22. The lowest BCUT2D eigenvalue weighted by Crippen LogP contribution is -2.24. The summed E-state index contributed by atoms with van der Waals surface area (Å²) in [4.78, 5) is 22.0. The second-order valence-corrected chi connectivity index (χ2v) is 5.18. The first kappa shape index (κ1) is 15.9. The van der Waals surface area contributed by atoms with Crippen molar-refractivity contribution in [2.75, 3.05) is 12.3 Å². The van der Waals surface area contributed by atoms with Crippen LogP contribution in [0.5, 0.6) is 0 Å². The van der Waals surface area contributed by atoms with E-state index in [-0.39, 0.29) is 22.8 Å². The van der Waals surface area contributed by atoms with Gasteiger partial charge in [0.05, 0.1) is 4.92 Å². The average Bonchev–Trinajstić information content (AvgIpc) is 2.37. The lowest BCUT2D eigenvalue weighted by atomic mass is 10.1. The molecule has 6 nitrogen and oxygen atoms in total. The molecule has 0 saturated carbocycles. The number of hydrogen-bond donors (Lipinski definition) is 2. The zero-order valence-electron chi connectivity index (χ0n) is 11.9. The quantitative estimate of drug-likeness (QED) is 0.347. The van der Waals surface area contributed by atoms with Crippen LogP contribution in [0, 0.1) is 16.0 Å². The van der Waals surface area contributed by atoms with Crippen molar-refractivity contribution in [1.82, 2.24) is 5.32 Å². The van der Waals surface area contributed by atoms with Gasteiger partial charge in [0.2, 0.25) is 0 Å². The number of nitrogens with two attached hydrogens (primary N) is 1. The van der Waals surface area contributed by atoms with E-state index in [1.165, 1.54) is 18.2 Å². The number of nitrogen functional groups attached to an aromatic ring is 1. The number of carbonyl (C=O) groups excluding carboxylic acids is 1. The Labute approximate surface area is 118 Å². The van der Waals surface area contributed by atoms with E-state index in [4.69, 9.17) is 5.73 Å². The molecule has 0 radical (unpaired) electrons. The number of nitro benzene ring substituents is 1. The summed E-state index contributed by atoms with van der Waals surface area (Å²) in [5, 5.41) is 13.5. The van der Waals surface area contributed by atoms with E-state index in [0.29, 0.717) is 12.5 Å². The zero-order valence-corrected chi connectivity index (χ0v) is 11.9. The second-order valence-electron chi connectivity index (χ2n) is 5.18. The molecule has 0 aromatic heterocycles. The number of rotatable bonds is 7. The Morgan fingerprint density at radius 2 is 2.10 bits per heavy atom. The van der Waals surface area contributed by atoms with Crippen LogP contribution in [0.2, 0.25) is 0 Å². The highest BCUT2D eigenvalue weighted by molar-refractivity contribution is 5.95. The number of benzene rings is 1. The maximum absolute atomic E-state index is 11.9. The Morgan fingerprint density at radius 1 is 1.40 bits per heavy atom. The standard InChI is InChI=1S/C14H21N3O3/c1-10(2)5-3-4-8-16-14(18)11-6-7-12(15)13(9-11)17(19)20/h6-7,9-10H,3-5,8,15H2,1-2H3,(H,16,18). The molecule has 0 unspecified atom stereocenters. The smallest absolute Gasteiger partial charge is 0.292 e. The van der Waals surface area contributed by atoms with E-state index in [0.717, 1.165) is 19.3 Å². The number of anilines is 1. The lowest BCUT2D eigenvalue weighted by Gasteiger charge is -2.07. The van der Waals surface area contributed by atoms with Crippen molar-refractivity contribution in [1.29, 1.82) is 0 Å². The van der Waals surface area contributed by atoms with Crippen LogP contribution in [-0.2, 0) is 0 Å². The molecule has 0 atom stereocenters. The van der Waals surface area contributed by atoms with Gasteiger partial charge in [0, 0.05) is 18.2 Å². The molecule has 3 N–H and O–H groups in total. The summed E-state index contributed by atoms with van der Waals surface area (Å²) in [6.45, 7) is 4.89. The number of hydrogen-bond acceptors (Lipinski definition) is 4. The van der Waals surface area contributed by atoms with Crippen LogP contribution >= 0.6 is 0 Å². The molecule has 1 rings (SSSR count). The van der Waals surface area contributed by atoms with Crippen LogP contribution in [0.4, 0.5) is 11.4 Å². The minimum absolute atomic E-state index is 0.0588. The summed E-state index contributed by atoms with van der Waals surface area (Å²) in [7, 11) is 0. The largest absolute Gasteiger partial charge is 0.393 e. The van der Waals surface area contributed by atoms with Gasteiger partial charge in [0.15, 0.2) is 0 Å². The van der Waals surface area contributed by atoms with Crippen LogP contribution < -0.4 is 11.1 Å². The number of amides is 1. The van der Waals surface area contributed by atoms with Gasteiger partial charge in [-0.1, -0.05) is 26.7 Å². The fraction of sp³-hybridized carbons (Fsp3) is 0.500. The van der Waals surface area contributed by atoms with Crippen LogP contribution in [0.1, 0.15) is 43.5 Å². The molecule has 0 saturated heterocycles. The minimum atomic E-state index is -0.589. The molecule has 0 heterocycles. The predicted molar refractivity (Wildman–Crippen MR) is 78.5 cm³/mol. The predicted octanol–water partition coefficient (Wildman–Crippen LogP) is 2.73. The van der Waals surface area contributed by atoms with Crippen LogP contribution in [0.15, 0.2) is 18.2 Å². The highest BCUT2D eigenvalue weighted by Gasteiger charge is 2.15. The van der Waals surface area contributed by atoms with Crippen molar-refractivity contribution >= 4 is 17.3 Å². The third-order valence-electron chi connectivity index (χ3n) is 2.98. The first-order chi connectivity index (χ1) is 9.41. The molecule has 110 valence electrons. The zero-order chi connectivity index (χ0) is 15.1. The number of unbranched alkanes of at least 4 members (excludes halogenated alkanes) is 1. The van der Waals surface area contributed by atoms with Gasteiger partial charge in [-0.05, 0) is 24.5 Å². The third kappa shape index (κ3) is 4.87. The van der Waals surface area contributed by atoms with E-state index in [1.54, 1.807) is 0 Å². The van der Waals surface area contributed by atoms with Gasteiger partial charge in [-0.15, -0.1) is 0 Å². The van der Waals surface area contributed by atoms with Gasteiger partial charge in [-0.2, -0.15) is 0 Å². The molecular formula is C14H21N3O3. The van der Waals surface area contributed by atoms with Crippen LogP contribution in [-0.4, -0.2) is 17.4 Å². The fourth-order valence-corrected chi connectivity index (χ4v) is 1.82. The molecule has 0 spiro atoms.